The lowest BCUT2D eigenvalue weighted by atomic mass is 9.93. The second kappa shape index (κ2) is 10.9. The number of carbonyl (C=O) groups is 3. The van der Waals surface area contributed by atoms with E-state index in [0.29, 0.717) is 37.4 Å². The number of esters is 1. The van der Waals surface area contributed by atoms with E-state index >= 15 is 0 Å². The molecule has 0 aliphatic carbocycles. The molecular weight excluding hydrogens is 434 g/mol. The molecule has 2 heterocycles. The highest BCUT2D eigenvalue weighted by Crippen LogP contribution is 2.32. The molecule has 186 valence electrons. The first-order valence-electron chi connectivity index (χ1n) is 11.9. The molecule has 1 aromatic rings. The van der Waals surface area contributed by atoms with Crippen LogP contribution in [-0.2, 0) is 9.53 Å². The van der Waals surface area contributed by atoms with Crippen molar-refractivity contribution in [3.05, 3.63) is 46.7 Å². The van der Waals surface area contributed by atoms with E-state index in [-0.39, 0.29) is 30.8 Å². The Balaban J connectivity index is 1.90. The highest BCUT2D eigenvalue weighted by molar-refractivity contribution is 5.95. The third kappa shape index (κ3) is 5.70. The number of aryl methyl sites for hydroxylation is 1. The van der Waals surface area contributed by atoms with Crippen molar-refractivity contribution in [1.82, 2.24) is 25.3 Å². The van der Waals surface area contributed by atoms with Gasteiger partial charge in [0.15, 0.2) is 0 Å². The van der Waals surface area contributed by atoms with E-state index in [4.69, 9.17) is 4.74 Å². The lowest BCUT2D eigenvalue weighted by molar-refractivity contribution is -0.139. The standard InChI is InChI=1S/C25H37N5O4/c1-7-34-23(31)21-20(15-29-11-12-30(18(5)14-29)25(33)26-16(2)3)28(6)24(32)27-22(21)19-10-8-9-17(4)13-19/h8-10,13,16,18,22H,7,11-12,14-15H2,1-6H3,(H,26,33)(H,27,32)/t18-,22+/m1/s1. The smallest absolute Gasteiger partial charge is 0.338 e. The molecule has 0 unspecified atom stereocenters. The van der Waals surface area contributed by atoms with Crippen LogP contribution in [0.2, 0.25) is 0 Å². The van der Waals surface area contributed by atoms with Crippen molar-refractivity contribution in [3.63, 3.8) is 0 Å². The van der Waals surface area contributed by atoms with Gasteiger partial charge in [0.2, 0.25) is 0 Å². The Morgan fingerprint density at radius 3 is 2.62 bits per heavy atom. The molecule has 0 aromatic heterocycles. The molecule has 34 heavy (non-hydrogen) atoms. The van der Waals surface area contributed by atoms with Crippen LogP contribution in [-0.4, -0.2) is 84.6 Å². The van der Waals surface area contributed by atoms with Crippen LogP contribution in [0.3, 0.4) is 0 Å². The predicted octanol–water partition coefficient (Wildman–Crippen LogP) is 2.63. The molecule has 0 bridgehead atoms. The highest BCUT2D eigenvalue weighted by atomic mass is 16.5. The van der Waals surface area contributed by atoms with Crippen molar-refractivity contribution >= 4 is 18.0 Å². The molecule has 0 spiro atoms. The minimum absolute atomic E-state index is 0.00515. The molecule has 9 nitrogen and oxygen atoms in total. The normalized spacial score (nSPS) is 21.6. The first-order chi connectivity index (χ1) is 16.1. The van der Waals surface area contributed by atoms with Crippen molar-refractivity contribution < 1.29 is 19.1 Å². The van der Waals surface area contributed by atoms with Crippen LogP contribution in [0, 0.1) is 6.92 Å². The fourth-order valence-corrected chi connectivity index (χ4v) is 4.52. The highest BCUT2D eigenvalue weighted by Gasteiger charge is 2.38. The first kappa shape index (κ1) is 25.6. The van der Waals surface area contributed by atoms with Crippen LogP contribution in [0.1, 0.15) is 44.9 Å². The molecule has 1 fully saturated rings. The molecule has 2 aliphatic rings. The summed E-state index contributed by atoms with van der Waals surface area (Å²) in [6.45, 7) is 12.1. The monoisotopic (exact) mass is 471 g/mol. The van der Waals surface area contributed by atoms with Crippen molar-refractivity contribution in [3.8, 4) is 0 Å². The number of nitrogens with zero attached hydrogens (tertiary/aromatic N) is 3. The number of hydrogen-bond donors (Lipinski definition) is 2. The number of ether oxygens (including phenoxy) is 1. The zero-order valence-corrected chi connectivity index (χ0v) is 21.1. The molecule has 4 amide bonds. The number of rotatable bonds is 6. The Labute approximate surface area is 202 Å². The fourth-order valence-electron chi connectivity index (χ4n) is 4.52. The minimum atomic E-state index is -0.590. The summed E-state index contributed by atoms with van der Waals surface area (Å²) in [6.07, 6.45) is 0. The number of nitrogens with one attached hydrogen (secondary N) is 2. The summed E-state index contributed by atoms with van der Waals surface area (Å²) < 4.78 is 5.42. The summed E-state index contributed by atoms with van der Waals surface area (Å²) in [5.41, 5.74) is 2.95. The van der Waals surface area contributed by atoms with Gasteiger partial charge in [-0.1, -0.05) is 29.8 Å². The van der Waals surface area contributed by atoms with Gasteiger partial charge in [0.05, 0.1) is 18.2 Å². The Hall–Kier alpha value is -3.07. The second-order valence-electron chi connectivity index (χ2n) is 9.32. The number of likely N-dealkylation sites (N-methyl/N-ethyl adjacent to an activating group) is 1. The molecule has 0 saturated carbocycles. The minimum Gasteiger partial charge on any atom is -0.463 e. The molecule has 3 rings (SSSR count). The summed E-state index contributed by atoms with van der Waals surface area (Å²) in [5.74, 6) is -0.432. The SMILES string of the molecule is CCOC(=O)C1=C(CN2CCN(C(=O)NC(C)C)[C@H](C)C2)N(C)C(=O)N[C@H]1c1cccc(C)c1. The van der Waals surface area contributed by atoms with E-state index in [1.54, 1.807) is 14.0 Å². The molecule has 0 radical (unpaired) electrons. The van der Waals surface area contributed by atoms with Crippen LogP contribution < -0.4 is 10.6 Å². The van der Waals surface area contributed by atoms with Crippen molar-refractivity contribution in [2.24, 2.45) is 0 Å². The zero-order chi connectivity index (χ0) is 25.0. The van der Waals surface area contributed by atoms with Crippen LogP contribution >= 0.6 is 0 Å². The molecule has 2 atom stereocenters. The average Bonchev–Trinajstić information content (AvgIpc) is 2.76. The maximum absolute atomic E-state index is 13.1. The summed E-state index contributed by atoms with van der Waals surface area (Å²) in [7, 11) is 1.67. The number of carbonyl (C=O) groups excluding carboxylic acids is 3. The Morgan fingerprint density at radius 2 is 2.00 bits per heavy atom. The number of urea groups is 2. The van der Waals surface area contributed by atoms with Crippen molar-refractivity contribution in [1.29, 1.82) is 0 Å². The molecule has 2 aliphatic heterocycles. The van der Waals surface area contributed by atoms with Gasteiger partial charge in [0, 0.05) is 51.0 Å². The third-order valence-electron chi connectivity index (χ3n) is 6.21. The van der Waals surface area contributed by atoms with E-state index in [2.05, 4.69) is 15.5 Å². The maximum atomic E-state index is 13.1. The summed E-state index contributed by atoms with van der Waals surface area (Å²) in [6, 6.07) is 6.92. The van der Waals surface area contributed by atoms with Gasteiger partial charge in [0.1, 0.15) is 0 Å². The van der Waals surface area contributed by atoms with Crippen LogP contribution in [0.4, 0.5) is 9.59 Å². The van der Waals surface area contributed by atoms with E-state index in [1.165, 1.54) is 4.90 Å². The molecular formula is C25H37N5O4. The van der Waals surface area contributed by atoms with Gasteiger partial charge in [-0.2, -0.15) is 0 Å². The number of hydrogen-bond acceptors (Lipinski definition) is 5. The number of benzene rings is 1. The van der Waals surface area contributed by atoms with E-state index < -0.39 is 12.0 Å². The topological polar surface area (TPSA) is 94.2 Å². The van der Waals surface area contributed by atoms with Gasteiger partial charge in [0.25, 0.3) is 0 Å². The summed E-state index contributed by atoms with van der Waals surface area (Å²) in [5, 5.41) is 5.92. The average molecular weight is 472 g/mol. The van der Waals surface area contributed by atoms with E-state index in [0.717, 1.165) is 11.1 Å². The zero-order valence-electron chi connectivity index (χ0n) is 21.1. The Kier molecular flexibility index (Phi) is 8.19. The van der Waals surface area contributed by atoms with Crippen LogP contribution in [0.25, 0.3) is 0 Å². The molecule has 2 N–H and O–H groups in total. The van der Waals surface area contributed by atoms with Crippen LogP contribution in [0.15, 0.2) is 35.5 Å². The molecule has 1 aromatic carbocycles. The Morgan fingerprint density at radius 1 is 1.26 bits per heavy atom. The molecule has 1 saturated heterocycles. The number of amides is 4. The lowest BCUT2D eigenvalue weighted by Crippen LogP contribution is -2.58. The predicted molar refractivity (Wildman–Crippen MR) is 130 cm³/mol. The molecule has 9 heteroatoms. The maximum Gasteiger partial charge on any atom is 0.338 e. The van der Waals surface area contributed by atoms with Gasteiger partial charge >= 0.3 is 18.0 Å². The lowest BCUT2D eigenvalue weighted by Gasteiger charge is -2.42. The third-order valence-corrected chi connectivity index (χ3v) is 6.21. The Bertz CT molecular complexity index is 960. The van der Waals surface area contributed by atoms with Gasteiger partial charge in [-0.25, -0.2) is 14.4 Å². The largest absolute Gasteiger partial charge is 0.463 e. The quantitative estimate of drug-likeness (QED) is 0.622. The van der Waals surface area contributed by atoms with Gasteiger partial charge in [-0.05, 0) is 40.2 Å². The summed E-state index contributed by atoms with van der Waals surface area (Å²) in [4.78, 5) is 44.1. The fraction of sp³-hybridized carbons (Fsp3) is 0.560. The second-order valence-corrected chi connectivity index (χ2v) is 9.32. The van der Waals surface area contributed by atoms with Crippen molar-refractivity contribution in [2.45, 2.75) is 52.7 Å². The van der Waals surface area contributed by atoms with Crippen molar-refractivity contribution in [2.75, 3.05) is 39.8 Å². The number of piperazine rings is 1. The van der Waals surface area contributed by atoms with E-state index in [9.17, 15) is 14.4 Å². The van der Waals surface area contributed by atoms with Gasteiger partial charge in [-0.3, -0.25) is 9.80 Å². The van der Waals surface area contributed by atoms with Crippen LogP contribution in [0.5, 0.6) is 0 Å². The first-order valence-corrected chi connectivity index (χ1v) is 11.9. The van der Waals surface area contributed by atoms with E-state index in [1.807, 2.05) is 56.9 Å². The van der Waals surface area contributed by atoms with Gasteiger partial charge < -0.3 is 20.3 Å². The van der Waals surface area contributed by atoms with Gasteiger partial charge in [-0.15, -0.1) is 0 Å². The summed E-state index contributed by atoms with van der Waals surface area (Å²) >= 11 is 0.